The van der Waals surface area contributed by atoms with Crippen LogP contribution >= 0.6 is 0 Å². The monoisotopic (exact) mass is 562 g/mol. The number of Topliss-reactive ketones (excluding diaryl/α,β-unsaturated/α-hetero) is 2. The van der Waals surface area contributed by atoms with Gasteiger partial charge in [-0.25, -0.2) is 0 Å². The maximum absolute atomic E-state index is 10.8. The molecule has 4 N–H and O–H groups in total. The van der Waals surface area contributed by atoms with Crippen molar-refractivity contribution in [2.24, 2.45) is 0 Å². The van der Waals surface area contributed by atoms with Crippen molar-refractivity contribution in [3.8, 4) is 5.75 Å². The van der Waals surface area contributed by atoms with Gasteiger partial charge in [0.1, 0.15) is 5.75 Å². The Bertz CT molecular complexity index is 1420. The van der Waals surface area contributed by atoms with Crippen molar-refractivity contribution in [1.82, 2.24) is 0 Å². The quantitative estimate of drug-likeness (QED) is 0.194. The fourth-order valence-corrected chi connectivity index (χ4v) is 3.63. The van der Waals surface area contributed by atoms with E-state index in [1.807, 2.05) is 67.6 Å². The summed E-state index contributed by atoms with van der Waals surface area (Å²) in [5.74, 6) is 0.975. The Balaban J connectivity index is 0.000000239. The largest absolute Gasteiger partial charge is 0.497 e. The van der Waals surface area contributed by atoms with Crippen LogP contribution in [0, 0.1) is 6.92 Å². The van der Waals surface area contributed by atoms with Gasteiger partial charge < -0.3 is 20.8 Å². The van der Waals surface area contributed by atoms with Crippen LogP contribution in [0.15, 0.2) is 133 Å². The molecule has 0 spiro atoms. The molecule has 0 aromatic heterocycles. The second-order valence-corrected chi connectivity index (χ2v) is 9.27. The van der Waals surface area contributed by atoms with Gasteiger partial charge in [-0.2, -0.15) is 0 Å². The summed E-state index contributed by atoms with van der Waals surface area (Å²) in [7, 11) is 1.60. The third-order valence-corrected chi connectivity index (χ3v) is 5.96. The van der Waals surface area contributed by atoms with E-state index in [1.54, 1.807) is 45.2 Å². The maximum Gasteiger partial charge on any atom is 0.159 e. The second kappa shape index (κ2) is 17.5. The first kappa shape index (κ1) is 33.0. The molecule has 0 heterocycles. The zero-order valence-electron chi connectivity index (χ0n) is 24.4. The number of aryl methyl sites for hydroxylation is 1. The Morgan fingerprint density at radius 2 is 0.833 bits per heavy atom. The third-order valence-electron chi connectivity index (χ3n) is 5.96. The molecule has 5 rings (SSSR count). The Hall–Kier alpha value is -5.20. The number of ketones is 2. The van der Waals surface area contributed by atoms with Crippen LogP contribution in [0.3, 0.4) is 0 Å². The highest BCUT2D eigenvalue weighted by Gasteiger charge is 1.98. The average molecular weight is 563 g/mol. The van der Waals surface area contributed by atoms with Gasteiger partial charge in [0.2, 0.25) is 0 Å². The van der Waals surface area contributed by atoms with Crippen LogP contribution in [0.2, 0.25) is 0 Å². The minimum Gasteiger partial charge on any atom is -0.497 e. The van der Waals surface area contributed by atoms with Crippen molar-refractivity contribution in [3.05, 3.63) is 150 Å². The summed E-state index contributed by atoms with van der Waals surface area (Å²) in [5, 5.41) is 6.73. The minimum atomic E-state index is 0. The predicted molar refractivity (Wildman–Crippen MR) is 174 cm³/mol. The van der Waals surface area contributed by atoms with Crippen molar-refractivity contribution in [1.29, 1.82) is 0 Å². The van der Waals surface area contributed by atoms with Crippen molar-refractivity contribution in [2.45, 2.75) is 20.8 Å². The maximum atomic E-state index is 10.8. The van der Waals surface area contributed by atoms with Crippen LogP contribution in [0.4, 0.5) is 22.7 Å². The van der Waals surface area contributed by atoms with E-state index in [0.29, 0.717) is 5.56 Å². The molecule has 0 saturated heterocycles. The number of methoxy groups -OCH3 is 1. The molecular formula is C36H38N2O4. The van der Waals surface area contributed by atoms with E-state index in [4.69, 9.17) is 4.74 Å². The van der Waals surface area contributed by atoms with Gasteiger partial charge in [-0.05, 0) is 93.6 Å². The van der Waals surface area contributed by atoms with Gasteiger partial charge in [-0.1, -0.05) is 66.2 Å². The highest BCUT2D eigenvalue weighted by Crippen LogP contribution is 2.21. The van der Waals surface area contributed by atoms with Crippen LogP contribution in [0.25, 0.3) is 0 Å². The Labute approximate surface area is 248 Å². The molecule has 0 aliphatic rings. The SMILES string of the molecule is CC(=O)c1ccc(C)cc1.COc1ccc(C(C)=O)cc1.O.c1ccc(Nc2ccc(Nc3ccccc3)cc2)cc1. The lowest BCUT2D eigenvalue weighted by Crippen LogP contribution is -1.92. The fraction of sp³-hybridized carbons (Fsp3) is 0.111. The number of rotatable bonds is 7. The number of carbonyl (C=O) groups is 2. The topological polar surface area (TPSA) is 98.9 Å². The summed E-state index contributed by atoms with van der Waals surface area (Å²) in [6.45, 7) is 5.12. The molecule has 0 unspecified atom stereocenters. The molecule has 42 heavy (non-hydrogen) atoms. The van der Waals surface area contributed by atoms with Gasteiger partial charge in [0.05, 0.1) is 7.11 Å². The highest BCUT2D eigenvalue weighted by atomic mass is 16.5. The van der Waals surface area contributed by atoms with E-state index in [9.17, 15) is 9.59 Å². The summed E-state index contributed by atoms with van der Waals surface area (Å²) in [6, 6.07) is 43.2. The number of benzene rings is 5. The van der Waals surface area contributed by atoms with Crippen LogP contribution in [0.5, 0.6) is 5.75 Å². The molecule has 5 aromatic rings. The molecule has 0 radical (unpaired) electrons. The summed E-state index contributed by atoms with van der Waals surface area (Å²) in [4.78, 5) is 21.6. The molecule has 0 bridgehead atoms. The molecule has 5 aromatic carbocycles. The normalized spacial score (nSPS) is 9.43. The van der Waals surface area contributed by atoms with Crippen molar-refractivity contribution >= 4 is 34.3 Å². The third kappa shape index (κ3) is 11.5. The fourth-order valence-electron chi connectivity index (χ4n) is 3.63. The second-order valence-electron chi connectivity index (χ2n) is 9.27. The molecule has 6 nitrogen and oxygen atoms in total. The molecule has 0 saturated carbocycles. The van der Waals surface area contributed by atoms with E-state index in [1.165, 1.54) is 5.56 Å². The summed E-state index contributed by atoms with van der Waals surface area (Å²) >= 11 is 0. The Kier molecular flexibility index (Phi) is 13.7. The standard InChI is InChI=1S/C18H16N2.C9H10O2.C9H10O.H2O/c1-3-7-15(8-4-1)19-17-11-13-18(14-12-17)20-16-9-5-2-6-10-16;1-7(10)8-3-5-9(11-2)6-4-8;1-7-3-5-9(6-4-7)8(2)10;/h1-14,19-20H;3-6H,1-2H3;3-6H,1-2H3;1H2. The minimum absolute atomic E-state index is 0. The van der Waals surface area contributed by atoms with Crippen LogP contribution in [-0.2, 0) is 0 Å². The molecular weight excluding hydrogens is 524 g/mol. The van der Waals surface area contributed by atoms with Gasteiger partial charge in [0.25, 0.3) is 0 Å². The van der Waals surface area contributed by atoms with E-state index in [2.05, 4.69) is 59.2 Å². The lowest BCUT2D eigenvalue weighted by Gasteiger charge is -2.09. The van der Waals surface area contributed by atoms with Gasteiger partial charge in [-0.3, -0.25) is 9.59 Å². The Morgan fingerprint density at radius 1 is 0.500 bits per heavy atom. The first-order valence-corrected chi connectivity index (χ1v) is 13.3. The van der Waals surface area contributed by atoms with Crippen molar-refractivity contribution < 1.29 is 19.8 Å². The summed E-state index contributed by atoms with van der Waals surface area (Å²) in [6.07, 6.45) is 0. The number of hydrogen-bond donors (Lipinski definition) is 2. The smallest absolute Gasteiger partial charge is 0.159 e. The summed E-state index contributed by atoms with van der Waals surface area (Å²) < 4.78 is 4.94. The van der Waals surface area contributed by atoms with E-state index < -0.39 is 0 Å². The van der Waals surface area contributed by atoms with Crippen LogP contribution < -0.4 is 15.4 Å². The van der Waals surface area contributed by atoms with Crippen LogP contribution in [-0.4, -0.2) is 24.2 Å². The van der Waals surface area contributed by atoms with Gasteiger partial charge in [0, 0.05) is 33.9 Å². The number of anilines is 4. The van der Waals surface area contributed by atoms with E-state index in [0.717, 1.165) is 34.1 Å². The first-order chi connectivity index (χ1) is 19.8. The zero-order valence-corrected chi connectivity index (χ0v) is 24.4. The lowest BCUT2D eigenvalue weighted by molar-refractivity contribution is 0.100. The molecule has 0 aliphatic heterocycles. The molecule has 6 heteroatoms. The van der Waals surface area contributed by atoms with Gasteiger partial charge in [-0.15, -0.1) is 0 Å². The molecule has 0 fully saturated rings. The molecule has 216 valence electrons. The first-order valence-electron chi connectivity index (χ1n) is 13.3. The van der Waals surface area contributed by atoms with E-state index >= 15 is 0 Å². The number of carbonyl (C=O) groups excluding carboxylic acids is 2. The highest BCUT2D eigenvalue weighted by molar-refractivity contribution is 5.94. The number of para-hydroxylation sites is 2. The molecule has 0 aliphatic carbocycles. The zero-order chi connectivity index (χ0) is 29.5. The molecule has 0 atom stereocenters. The Morgan fingerprint density at radius 3 is 1.17 bits per heavy atom. The average Bonchev–Trinajstić information content (AvgIpc) is 3.00. The number of hydrogen-bond acceptors (Lipinski definition) is 5. The number of nitrogens with one attached hydrogen (secondary N) is 2. The van der Waals surface area contributed by atoms with Crippen molar-refractivity contribution in [2.75, 3.05) is 17.7 Å². The lowest BCUT2D eigenvalue weighted by atomic mass is 10.1. The van der Waals surface area contributed by atoms with Crippen molar-refractivity contribution in [3.63, 3.8) is 0 Å². The molecule has 0 amide bonds. The summed E-state index contributed by atoms with van der Waals surface area (Å²) in [5.41, 5.74) is 7.03. The van der Waals surface area contributed by atoms with Gasteiger partial charge >= 0.3 is 0 Å². The van der Waals surface area contributed by atoms with E-state index in [-0.39, 0.29) is 17.0 Å². The van der Waals surface area contributed by atoms with Gasteiger partial charge in [0.15, 0.2) is 11.6 Å². The number of ether oxygens (including phenoxy) is 1. The van der Waals surface area contributed by atoms with Crippen LogP contribution in [0.1, 0.15) is 40.1 Å². The predicted octanol–water partition coefficient (Wildman–Crippen LogP) is 8.44.